The summed E-state index contributed by atoms with van der Waals surface area (Å²) in [6, 6.07) is 18.8. The highest BCUT2D eigenvalue weighted by molar-refractivity contribution is 6.07. The Hall–Kier alpha value is -4.06. The van der Waals surface area contributed by atoms with E-state index in [1.54, 1.807) is 60.7 Å². The van der Waals surface area contributed by atoms with Crippen LogP contribution in [0.25, 0.3) is 6.08 Å². The Morgan fingerprint density at radius 2 is 1.42 bits per heavy atom. The second-order valence-corrected chi connectivity index (χ2v) is 6.40. The number of carbonyl (C=O) groups is 2. The Morgan fingerprint density at radius 1 is 0.710 bits per heavy atom. The van der Waals surface area contributed by atoms with Crippen molar-refractivity contribution in [3.05, 3.63) is 89.5 Å². The molecule has 0 unspecified atom stereocenters. The van der Waals surface area contributed by atoms with Crippen LogP contribution in [-0.2, 0) is 0 Å². The average Bonchev–Trinajstić information content (AvgIpc) is 2.82. The Bertz CT molecular complexity index is 1100. The third-order valence-electron chi connectivity index (χ3n) is 4.52. The maximum absolute atomic E-state index is 12.8. The smallest absolute Gasteiger partial charge is 0.343 e. The molecular formula is C25H22O6. The number of carbonyl (C=O) groups excluding carboxylic acids is 2. The molecule has 0 heterocycles. The van der Waals surface area contributed by atoms with Gasteiger partial charge in [0.05, 0.1) is 26.9 Å². The fraction of sp³-hybridized carbons (Fsp3) is 0.120. The van der Waals surface area contributed by atoms with Crippen LogP contribution >= 0.6 is 0 Å². The molecule has 158 valence electrons. The van der Waals surface area contributed by atoms with Crippen molar-refractivity contribution >= 4 is 17.8 Å². The number of rotatable bonds is 8. The van der Waals surface area contributed by atoms with E-state index in [1.807, 2.05) is 6.07 Å². The van der Waals surface area contributed by atoms with E-state index in [2.05, 4.69) is 0 Å². The van der Waals surface area contributed by atoms with E-state index in [-0.39, 0.29) is 17.1 Å². The Balaban J connectivity index is 1.89. The van der Waals surface area contributed by atoms with Crippen LogP contribution in [-0.4, -0.2) is 33.1 Å². The van der Waals surface area contributed by atoms with Gasteiger partial charge in [0, 0.05) is 11.1 Å². The van der Waals surface area contributed by atoms with Gasteiger partial charge in [0.1, 0.15) is 0 Å². The number of benzene rings is 3. The molecule has 0 aliphatic carbocycles. The zero-order valence-electron chi connectivity index (χ0n) is 17.5. The lowest BCUT2D eigenvalue weighted by molar-refractivity contribution is 0.0728. The molecule has 31 heavy (non-hydrogen) atoms. The third kappa shape index (κ3) is 5.11. The maximum atomic E-state index is 12.8. The molecule has 0 saturated carbocycles. The molecule has 0 atom stereocenters. The van der Waals surface area contributed by atoms with Crippen LogP contribution in [0.15, 0.2) is 72.8 Å². The summed E-state index contributed by atoms with van der Waals surface area (Å²) in [4.78, 5) is 25.2. The molecule has 0 N–H and O–H groups in total. The van der Waals surface area contributed by atoms with Gasteiger partial charge in [-0.2, -0.15) is 0 Å². The van der Waals surface area contributed by atoms with Crippen LogP contribution in [0.5, 0.6) is 23.0 Å². The summed E-state index contributed by atoms with van der Waals surface area (Å²) >= 11 is 0. The van der Waals surface area contributed by atoms with Gasteiger partial charge in [-0.3, -0.25) is 4.79 Å². The first-order valence-corrected chi connectivity index (χ1v) is 9.46. The van der Waals surface area contributed by atoms with Crippen LogP contribution < -0.4 is 18.9 Å². The van der Waals surface area contributed by atoms with Crippen molar-refractivity contribution in [2.45, 2.75) is 0 Å². The second-order valence-electron chi connectivity index (χ2n) is 6.40. The third-order valence-corrected chi connectivity index (χ3v) is 4.52. The summed E-state index contributed by atoms with van der Waals surface area (Å²) in [5.41, 5.74) is 1.36. The standard InChI is InChI=1S/C25H22O6/c1-28-21-15-13-19(16-23(21)30-3)25(27)31-24-18(10-7-11-22(24)29-2)12-14-20(26)17-8-5-4-6-9-17/h4-16H,1-3H3. The zero-order chi connectivity index (χ0) is 22.2. The fourth-order valence-electron chi connectivity index (χ4n) is 2.91. The summed E-state index contributed by atoms with van der Waals surface area (Å²) in [7, 11) is 4.48. The van der Waals surface area contributed by atoms with Crippen molar-refractivity contribution in [1.29, 1.82) is 0 Å². The highest BCUT2D eigenvalue weighted by Crippen LogP contribution is 2.34. The summed E-state index contributed by atoms with van der Waals surface area (Å²) in [5.74, 6) is 0.713. The molecule has 3 aromatic rings. The molecule has 6 nitrogen and oxygen atoms in total. The van der Waals surface area contributed by atoms with E-state index in [0.29, 0.717) is 28.4 Å². The number of esters is 1. The van der Waals surface area contributed by atoms with Crippen molar-refractivity contribution in [1.82, 2.24) is 0 Å². The van der Waals surface area contributed by atoms with Crippen LogP contribution in [0.4, 0.5) is 0 Å². The first-order chi connectivity index (χ1) is 15.1. The van der Waals surface area contributed by atoms with Crippen molar-refractivity contribution in [2.75, 3.05) is 21.3 Å². The lowest BCUT2D eigenvalue weighted by Gasteiger charge is -2.13. The maximum Gasteiger partial charge on any atom is 0.343 e. The van der Waals surface area contributed by atoms with E-state index in [4.69, 9.17) is 18.9 Å². The topological polar surface area (TPSA) is 71.1 Å². The highest BCUT2D eigenvalue weighted by atomic mass is 16.6. The monoisotopic (exact) mass is 418 g/mol. The number of allylic oxidation sites excluding steroid dienone is 1. The second kappa shape index (κ2) is 10.1. The quantitative estimate of drug-likeness (QED) is 0.226. The van der Waals surface area contributed by atoms with Gasteiger partial charge in [0.15, 0.2) is 28.8 Å². The molecule has 0 aliphatic heterocycles. The SMILES string of the molecule is COc1ccc(C(=O)Oc2c(C=CC(=O)c3ccccc3)cccc2OC)cc1OC. The summed E-state index contributed by atoms with van der Waals surface area (Å²) in [5, 5.41) is 0. The van der Waals surface area contributed by atoms with E-state index < -0.39 is 5.97 Å². The molecule has 0 spiro atoms. The Kier molecular flexibility index (Phi) is 7.06. The lowest BCUT2D eigenvalue weighted by Crippen LogP contribution is -2.10. The number of methoxy groups -OCH3 is 3. The zero-order valence-corrected chi connectivity index (χ0v) is 17.5. The molecule has 0 aromatic heterocycles. The predicted octanol–water partition coefficient (Wildman–Crippen LogP) is 4.83. The molecule has 6 heteroatoms. The van der Waals surface area contributed by atoms with Gasteiger partial charge < -0.3 is 18.9 Å². The van der Waals surface area contributed by atoms with E-state index in [9.17, 15) is 9.59 Å². The minimum Gasteiger partial charge on any atom is -0.493 e. The first-order valence-electron chi connectivity index (χ1n) is 9.46. The first kappa shape index (κ1) is 21.6. The van der Waals surface area contributed by atoms with Crippen molar-refractivity contribution < 1.29 is 28.5 Å². The van der Waals surface area contributed by atoms with E-state index >= 15 is 0 Å². The van der Waals surface area contributed by atoms with Crippen LogP contribution in [0.3, 0.4) is 0 Å². The molecule has 3 rings (SSSR count). The molecule has 3 aromatic carbocycles. The van der Waals surface area contributed by atoms with Crippen LogP contribution in [0, 0.1) is 0 Å². The van der Waals surface area contributed by atoms with Crippen molar-refractivity contribution in [2.24, 2.45) is 0 Å². The van der Waals surface area contributed by atoms with Gasteiger partial charge in [-0.15, -0.1) is 0 Å². The number of ketones is 1. The molecular weight excluding hydrogens is 396 g/mol. The Morgan fingerprint density at radius 3 is 2.10 bits per heavy atom. The van der Waals surface area contributed by atoms with Crippen LogP contribution in [0.1, 0.15) is 26.3 Å². The normalized spacial score (nSPS) is 10.5. The fourth-order valence-corrected chi connectivity index (χ4v) is 2.91. The molecule has 0 fully saturated rings. The average molecular weight is 418 g/mol. The minimum atomic E-state index is -0.602. The number of hydrogen-bond donors (Lipinski definition) is 0. The van der Waals surface area contributed by atoms with Crippen LogP contribution in [0.2, 0.25) is 0 Å². The lowest BCUT2D eigenvalue weighted by atomic mass is 10.1. The molecule has 0 amide bonds. The van der Waals surface area contributed by atoms with Gasteiger partial charge in [-0.25, -0.2) is 4.79 Å². The van der Waals surface area contributed by atoms with Crippen molar-refractivity contribution in [3.8, 4) is 23.0 Å². The number of hydrogen-bond acceptors (Lipinski definition) is 6. The predicted molar refractivity (Wildman–Crippen MR) is 117 cm³/mol. The summed E-state index contributed by atoms with van der Waals surface area (Å²) in [6.45, 7) is 0. The number of ether oxygens (including phenoxy) is 4. The number of para-hydroxylation sites is 1. The minimum absolute atomic E-state index is 0.166. The van der Waals surface area contributed by atoms with Gasteiger partial charge in [0.25, 0.3) is 0 Å². The van der Waals surface area contributed by atoms with E-state index in [0.717, 1.165) is 0 Å². The van der Waals surface area contributed by atoms with E-state index in [1.165, 1.54) is 33.5 Å². The molecule has 0 radical (unpaired) electrons. The molecule has 0 aliphatic rings. The Labute approximate surface area is 180 Å². The summed E-state index contributed by atoms with van der Waals surface area (Å²) < 4.78 is 21.4. The van der Waals surface area contributed by atoms with Gasteiger partial charge in [-0.05, 0) is 36.4 Å². The largest absolute Gasteiger partial charge is 0.493 e. The van der Waals surface area contributed by atoms with Gasteiger partial charge in [0.2, 0.25) is 0 Å². The summed E-state index contributed by atoms with van der Waals surface area (Å²) in [6.07, 6.45) is 3.02. The molecule has 0 saturated heterocycles. The van der Waals surface area contributed by atoms with Gasteiger partial charge in [-0.1, -0.05) is 42.5 Å². The van der Waals surface area contributed by atoms with Gasteiger partial charge >= 0.3 is 5.97 Å². The molecule has 0 bridgehead atoms. The highest BCUT2D eigenvalue weighted by Gasteiger charge is 2.17. The van der Waals surface area contributed by atoms with Crippen molar-refractivity contribution in [3.63, 3.8) is 0 Å².